The SMILES string of the molecule is COCC(=O)N1CCN(c2cc(C)c3ccccc3n2)C[C@@H](O)C1. The van der Waals surface area contributed by atoms with Crippen molar-refractivity contribution in [3.63, 3.8) is 0 Å². The van der Waals surface area contributed by atoms with Crippen LogP contribution in [0.5, 0.6) is 0 Å². The van der Waals surface area contributed by atoms with Crippen molar-refractivity contribution in [1.82, 2.24) is 9.88 Å². The van der Waals surface area contributed by atoms with E-state index < -0.39 is 6.10 Å². The number of hydrogen-bond donors (Lipinski definition) is 1. The minimum atomic E-state index is -0.609. The molecule has 1 amide bonds. The minimum Gasteiger partial charge on any atom is -0.389 e. The van der Waals surface area contributed by atoms with Gasteiger partial charge in [0.25, 0.3) is 0 Å². The van der Waals surface area contributed by atoms with Crippen LogP contribution in [0.15, 0.2) is 30.3 Å². The highest BCUT2D eigenvalue weighted by Gasteiger charge is 2.25. The number of aliphatic hydroxyl groups excluding tert-OH is 1. The second-order valence-electron chi connectivity index (χ2n) is 6.19. The van der Waals surface area contributed by atoms with Crippen LogP contribution in [0, 0.1) is 6.92 Å². The second kappa shape index (κ2) is 7.15. The van der Waals surface area contributed by atoms with Gasteiger partial charge in [-0.15, -0.1) is 0 Å². The number of methoxy groups -OCH3 is 1. The van der Waals surface area contributed by atoms with Crippen LogP contribution in [0.25, 0.3) is 10.9 Å². The molecule has 1 saturated heterocycles. The molecule has 1 aromatic carbocycles. The Labute approximate surface area is 141 Å². The van der Waals surface area contributed by atoms with Crippen LogP contribution in [-0.4, -0.2) is 66.9 Å². The van der Waals surface area contributed by atoms with Gasteiger partial charge in [0.15, 0.2) is 0 Å². The Hall–Kier alpha value is -2.18. The summed E-state index contributed by atoms with van der Waals surface area (Å²) in [6, 6.07) is 10.1. The lowest BCUT2D eigenvalue weighted by Crippen LogP contribution is -2.39. The molecule has 0 bridgehead atoms. The van der Waals surface area contributed by atoms with Crippen LogP contribution in [0.2, 0.25) is 0 Å². The fourth-order valence-corrected chi connectivity index (χ4v) is 3.13. The quantitative estimate of drug-likeness (QED) is 0.917. The van der Waals surface area contributed by atoms with Crippen molar-refractivity contribution in [3.05, 3.63) is 35.9 Å². The van der Waals surface area contributed by atoms with Crippen molar-refractivity contribution in [3.8, 4) is 0 Å². The van der Waals surface area contributed by atoms with Gasteiger partial charge >= 0.3 is 0 Å². The molecule has 0 radical (unpaired) electrons. The Morgan fingerprint density at radius 3 is 2.92 bits per heavy atom. The van der Waals surface area contributed by atoms with Crippen molar-refractivity contribution < 1.29 is 14.6 Å². The van der Waals surface area contributed by atoms with E-state index in [1.165, 1.54) is 7.11 Å². The fourth-order valence-electron chi connectivity index (χ4n) is 3.13. The predicted molar refractivity (Wildman–Crippen MR) is 93.2 cm³/mol. The van der Waals surface area contributed by atoms with E-state index in [2.05, 4.69) is 13.0 Å². The number of rotatable bonds is 3. The van der Waals surface area contributed by atoms with Crippen molar-refractivity contribution >= 4 is 22.6 Å². The van der Waals surface area contributed by atoms with Gasteiger partial charge in [-0.2, -0.15) is 0 Å². The first-order chi connectivity index (χ1) is 11.6. The van der Waals surface area contributed by atoms with Gasteiger partial charge in [-0.1, -0.05) is 18.2 Å². The summed E-state index contributed by atoms with van der Waals surface area (Å²) in [6.45, 7) is 4.08. The van der Waals surface area contributed by atoms with E-state index in [-0.39, 0.29) is 12.5 Å². The lowest BCUT2D eigenvalue weighted by Gasteiger charge is -2.23. The van der Waals surface area contributed by atoms with Crippen molar-refractivity contribution in [1.29, 1.82) is 0 Å². The smallest absolute Gasteiger partial charge is 0.248 e. The lowest BCUT2D eigenvalue weighted by molar-refractivity contribution is -0.136. The summed E-state index contributed by atoms with van der Waals surface area (Å²) in [5, 5.41) is 11.4. The van der Waals surface area contributed by atoms with Crippen LogP contribution in [0.4, 0.5) is 5.82 Å². The molecule has 1 N–H and O–H groups in total. The highest BCUT2D eigenvalue weighted by Crippen LogP contribution is 2.23. The van der Waals surface area contributed by atoms with Gasteiger partial charge in [-0.3, -0.25) is 4.79 Å². The number of aliphatic hydroxyl groups is 1. The average Bonchev–Trinajstić information content (AvgIpc) is 2.77. The van der Waals surface area contributed by atoms with Crippen LogP contribution in [0.3, 0.4) is 0 Å². The maximum Gasteiger partial charge on any atom is 0.248 e. The topological polar surface area (TPSA) is 65.9 Å². The summed E-state index contributed by atoms with van der Waals surface area (Å²) in [5.41, 5.74) is 2.10. The summed E-state index contributed by atoms with van der Waals surface area (Å²) < 4.78 is 4.91. The van der Waals surface area contributed by atoms with E-state index in [1.54, 1.807) is 4.90 Å². The third kappa shape index (κ3) is 3.49. The molecule has 6 heteroatoms. The molecule has 0 spiro atoms. The number of nitrogens with zero attached hydrogens (tertiary/aromatic N) is 3. The molecule has 1 fully saturated rings. The monoisotopic (exact) mass is 329 g/mol. The van der Waals surface area contributed by atoms with Gasteiger partial charge in [0.05, 0.1) is 11.6 Å². The first-order valence-corrected chi connectivity index (χ1v) is 8.14. The maximum absolute atomic E-state index is 12.0. The molecule has 1 aromatic heterocycles. The predicted octanol–water partition coefficient (Wildman–Crippen LogP) is 1.20. The zero-order valence-corrected chi connectivity index (χ0v) is 14.1. The number of fused-ring (bicyclic) bond motifs is 1. The zero-order chi connectivity index (χ0) is 17.1. The first-order valence-electron chi connectivity index (χ1n) is 8.14. The van der Waals surface area contributed by atoms with Crippen LogP contribution >= 0.6 is 0 Å². The molecule has 128 valence electrons. The molecule has 1 aliphatic heterocycles. The average molecular weight is 329 g/mol. The van der Waals surface area contributed by atoms with E-state index in [0.29, 0.717) is 26.2 Å². The number of ether oxygens (including phenoxy) is 1. The maximum atomic E-state index is 12.0. The number of anilines is 1. The van der Waals surface area contributed by atoms with Gasteiger partial charge in [0, 0.05) is 38.7 Å². The van der Waals surface area contributed by atoms with Gasteiger partial charge < -0.3 is 19.6 Å². The van der Waals surface area contributed by atoms with E-state index in [9.17, 15) is 9.90 Å². The highest BCUT2D eigenvalue weighted by atomic mass is 16.5. The summed E-state index contributed by atoms with van der Waals surface area (Å²) in [6.07, 6.45) is -0.609. The summed E-state index contributed by atoms with van der Waals surface area (Å²) >= 11 is 0. The molecule has 0 saturated carbocycles. The normalized spacial score (nSPS) is 18.7. The molecular formula is C18H23N3O3. The summed E-state index contributed by atoms with van der Waals surface area (Å²) in [4.78, 5) is 20.5. The highest BCUT2D eigenvalue weighted by molar-refractivity contribution is 5.84. The van der Waals surface area contributed by atoms with Crippen LogP contribution in [-0.2, 0) is 9.53 Å². The molecule has 6 nitrogen and oxygen atoms in total. The van der Waals surface area contributed by atoms with Gasteiger partial charge in [-0.25, -0.2) is 4.98 Å². The van der Waals surface area contributed by atoms with E-state index in [0.717, 1.165) is 22.3 Å². The van der Waals surface area contributed by atoms with Crippen molar-refractivity contribution in [2.75, 3.05) is 44.8 Å². The number of hydrogen-bond acceptors (Lipinski definition) is 5. The van der Waals surface area contributed by atoms with Crippen LogP contribution in [0.1, 0.15) is 5.56 Å². The zero-order valence-electron chi connectivity index (χ0n) is 14.1. The largest absolute Gasteiger partial charge is 0.389 e. The number of para-hydroxylation sites is 1. The number of benzene rings is 1. The summed E-state index contributed by atoms with van der Waals surface area (Å²) in [7, 11) is 1.50. The summed E-state index contributed by atoms with van der Waals surface area (Å²) in [5.74, 6) is 0.743. The van der Waals surface area contributed by atoms with E-state index >= 15 is 0 Å². The van der Waals surface area contributed by atoms with Crippen molar-refractivity contribution in [2.45, 2.75) is 13.0 Å². The molecule has 3 rings (SSSR count). The molecule has 2 aromatic rings. The number of aryl methyl sites for hydroxylation is 1. The molecule has 1 aliphatic rings. The number of carbonyl (C=O) groups excluding carboxylic acids is 1. The minimum absolute atomic E-state index is 0.0417. The number of aromatic nitrogens is 1. The van der Waals surface area contributed by atoms with Crippen LogP contribution < -0.4 is 4.90 Å². The third-order valence-electron chi connectivity index (χ3n) is 4.36. The van der Waals surface area contributed by atoms with E-state index in [4.69, 9.17) is 9.72 Å². The molecule has 1 atom stereocenters. The third-order valence-corrected chi connectivity index (χ3v) is 4.36. The Kier molecular flexibility index (Phi) is 4.97. The molecule has 0 unspecified atom stereocenters. The van der Waals surface area contributed by atoms with E-state index in [1.807, 2.05) is 29.2 Å². The van der Waals surface area contributed by atoms with Gasteiger partial charge in [-0.05, 0) is 24.6 Å². The molecular weight excluding hydrogens is 306 g/mol. The Balaban J connectivity index is 1.83. The molecule has 0 aliphatic carbocycles. The number of amides is 1. The Bertz CT molecular complexity index is 735. The number of carbonyl (C=O) groups is 1. The Morgan fingerprint density at radius 1 is 1.33 bits per heavy atom. The first kappa shape index (κ1) is 16.7. The standard InChI is InChI=1S/C18H23N3O3/c1-13-9-17(19-16-6-4-3-5-15(13)16)20-7-8-21(11-14(22)10-20)18(23)12-24-2/h3-6,9,14,22H,7-8,10-12H2,1-2H3/t14-/m1/s1. The lowest BCUT2D eigenvalue weighted by atomic mass is 10.1. The molecule has 24 heavy (non-hydrogen) atoms. The number of β-amino-alcohol motifs (C(OH)–C–C–N with tert-alkyl or cyclic N) is 1. The van der Waals surface area contributed by atoms with Gasteiger partial charge in [0.2, 0.25) is 5.91 Å². The Morgan fingerprint density at radius 2 is 2.12 bits per heavy atom. The second-order valence-corrected chi connectivity index (χ2v) is 6.19. The molecule has 2 heterocycles. The van der Waals surface area contributed by atoms with Gasteiger partial charge in [0.1, 0.15) is 12.4 Å². The number of pyridine rings is 1. The fraction of sp³-hybridized carbons (Fsp3) is 0.444. The van der Waals surface area contributed by atoms with Crippen molar-refractivity contribution in [2.24, 2.45) is 0 Å².